The van der Waals surface area contributed by atoms with Crippen LogP contribution in [0.25, 0.3) is 0 Å². The minimum atomic E-state index is -0.209. The summed E-state index contributed by atoms with van der Waals surface area (Å²) in [5, 5.41) is 6.51. The van der Waals surface area contributed by atoms with Crippen LogP contribution in [0.3, 0.4) is 0 Å². The molecule has 0 radical (unpaired) electrons. The van der Waals surface area contributed by atoms with Crippen LogP contribution in [0.5, 0.6) is 0 Å². The normalized spacial score (nSPS) is 16.8. The van der Waals surface area contributed by atoms with E-state index in [4.69, 9.17) is 14.5 Å². The molecule has 0 aliphatic carbocycles. The van der Waals surface area contributed by atoms with Crippen LogP contribution in [0.15, 0.2) is 29.3 Å². The summed E-state index contributed by atoms with van der Waals surface area (Å²) in [6, 6.07) is 6.81. The first kappa shape index (κ1) is 22.1. The first-order valence-corrected chi connectivity index (χ1v) is 8.55. The zero-order valence-corrected chi connectivity index (χ0v) is 17.3. The van der Waals surface area contributed by atoms with Crippen molar-refractivity contribution in [2.75, 3.05) is 46.6 Å². The number of rotatable bonds is 7. The van der Waals surface area contributed by atoms with E-state index < -0.39 is 0 Å². The van der Waals surface area contributed by atoms with E-state index >= 15 is 0 Å². The van der Waals surface area contributed by atoms with Crippen LogP contribution in [0.4, 0.5) is 4.39 Å². The molecule has 1 heterocycles. The molecule has 1 saturated heterocycles. The number of nitrogens with one attached hydrogen (secondary N) is 2. The Morgan fingerprint density at radius 2 is 1.92 bits per heavy atom. The number of aliphatic imine (C=N–C) groups is 1. The number of nitrogens with zero attached hydrogens (tertiary/aromatic N) is 1. The Balaban J connectivity index is 0.00000312. The van der Waals surface area contributed by atoms with Gasteiger partial charge >= 0.3 is 0 Å². The summed E-state index contributed by atoms with van der Waals surface area (Å²) in [7, 11) is 1.68. The van der Waals surface area contributed by atoms with E-state index in [1.54, 1.807) is 7.11 Å². The Kier molecular flexibility index (Phi) is 10.3. The summed E-state index contributed by atoms with van der Waals surface area (Å²) in [6.45, 7) is 6.23. The van der Waals surface area contributed by atoms with Gasteiger partial charge in [-0.3, -0.25) is 4.99 Å². The zero-order chi connectivity index (χ0) is 17.3. The van der Waals surface area contributed by atoms with Gasteiger partial charge in [0.1, 0.15) is 5.82 Å². The van der Waals surface area contributed by atoms with Crippen molar-refractivity contribution in [3.63, 3.8) is 0 Å². The molecule has 0 bridgehead atoms. The summed E-state index contributed by atoms with van der Waals surface area (Å²) in [4.78, 5) is 4.77. The van der Waals surface area contributed by atoms with Crippen LogP contribution in [-0.4, -0.2) is 52.5 Å². The lowest BCUT2D eigenvalue weighted by atomic mass is 9.74. The van der Waals surface area contributed by atoms with Gasteiger partial charge in [0.2, 0.25) is 0 Å². The number of methoxy groups -OCH3 is 1. The van der Waals surface area contributed by atoms with Crippen LogP contribution in [0.1, 0.15) is 25.3 Å². The SMILES string of the molecule is CCNC(=NCC1(c2ccc(F)cc2)CCOCC1)NCCOC.I. The van der Waals surface area contributed by atoms with E-state index in [0.717, 1.165) is 30.9 Å². The maximum Gasteiger partial charge on any atom is 0.191 e. The van der Waals surface area contributed by atoms with Crippen molar-refractivity contribution in [2.24, 2.45) is 4.99 Å². The molecule has 0 saturated carbocycles. The third kappa shape index (κ3) is 6.71. The van der Waals surface area contributed by atoms with E-state index in [9.17, 15) is 4.39 Å². The highest BCUT2D eigenvalue weighted by Gasteiger charge is 2.34. The second kappa shape index (κ2) is 11.6. The molecule has 2 rings (SSSR count). The number of ether oxygens (including phenoxy) is 2. The summed E-state index contributed by atoms with van der Waals surface area (Å²) < 4.78 is 23.9. The number of guanidine groups is 1. The predicted molar refractivity (Wildman–Crippen MR) is 109 cm³/mol. The maximum atomic E-state index is 13.3. The molecule has 25 heavy (non-hydrogen) atoms. The second-order valence-electron chi connectivity index (χ2n) is 6.01. The molecular formula is C18H29FIN3O2. The summed E-state index contributed by atoms with van der Waals surface area (Å²) in [6.07, 6.45) is 1.78. The number of halogens is 2. The highest BCUT2D eigenvalue weighted by atomic mass is 127. The second-order valence-corrected chi connectivity index (χ2v) is 6.01. The van der Waals surface area contributed by atoms with Crippen molar-refractivity contribution < 1.29 is 13.9 Å². The van der Waals surface area contributed by atoms with E-state index in [-0.39, 0.29) is 35.2 Å². The first-order chi connectivity index (χ1) is 11.7. The van der Waals surface area contributed by atoms with Crippen molar-refractivity contribution in [2.45, 2.75) is 25.2 Å². The van der Waals surface area contributed by atoms with Crippen LogP contribution >= 0.6 is 24.0 Å². The Morgan fingerprint density at radius 3 is 2.52 bits per heavy atom. The fourth-order valence-electron chi connectivity index (χ4n) is 2.95. The molecule has 142 valence electrons. The average Bonchev–Trinajstić information content (AvgIpc) is 2.61. The molecule has 0 atom stereocenters. The van der Waals surface area contributed by atoms with Gasteiger partial charge in [-0.15, -0.1) is 24.0 Å². The van der Waals surface area contributed by atoms with Gasteiger partial charge < -0.3 is 20.1 Å². The first-order valence-electron chi connectivity index (χ1n) is 8.55. The average molecular weight is 465 g/mol. The number of hydrogen-bond acceptors (Lipinski definition) is 3. The Hall–Kier alpha value is -0.930. The molecule has 1 fully saturated rings. The molecule has 7 heteroatoms. The smallest absolute Gasteiger partial charge is 0.191 e. The molecule has 1 aromatic rings. The minimum Gasteiger partial charge on any atom is -0.383 e. The van der Waals surface area contributed by atoms with E-state index in [1.807, 2.05) is 19.1 Å². The van der Waals surface area contributed by atoms with Crippen molar-refractivity contribution >= 4 is 29.9 Å². The van der Waals surface area contributed by atoms with Crippen LogP contribution in [0, 0.1) is 5.82 Å². The molecule has 0 unspecified atom stereocenters. The highest BCUT2D eigenvalue weighted by Crippen LogP contribution is 2.35. The van der Waals surface area contributed by atoms with Crippen molar-refractivity contribution in [3.8, 4) is 0 Å². The third-order valence-electron chi connectivity index (χ3n) is 4.39. The monoisotopic (exact) mass is 465 g/mol. The van der Waals surface area contributed by atoms with E-state index in [0.29, 0.717) is 32.9 Å². The van der Waals surface area contributed by atoms with Gasteiger partial charge in [-0.1, -0.05) is 12.1 Å². The number of benzene rings is 1. The molecule has 1 aliphatic rings. The molecule has 0 aromatic heterocycles. The number of hydrogen-bond donors (Lipinski definition) is 2. The lowest BCUT2D eigenvalue weighted by Crippen LogP contribution is -2.42. The quantitative estimate of drug-likeness (QED) is 0.282. The van der Waals surface area contributed by atoms with Crippen molar-refractivity contribution in [1.29, 1.82) is 0 Å². The molecular weight excluding hydrogens is 436 g/mol. The lowest BCUT2D eigenvalue weighted by Gasteiger charge is -2.36. The van der Waals surface area contributed by atoms with Crippen LogP contribution < -0.4 is 10.6 Å². The topological polar surface area (TPSA) is 54.9 Å². The zero-order valence-electron chi connectivity index (χ0n) is 15.0. The van der Waals surface area contributed by atoms with Crippen molar-refractivity contribution in [3.05, 3.63) is 35.6 Å². The minimum absolute atomic E-state index is 0. The van der Waals surface area contributed by atoms with Gasteiger partial charge in [-0.25, -0.2) is 4.39 Å². The molecule has 2 N–H and O–H groups in total. The summed E-state index contributed by atoms with van der Waals surface area (Å²) in [5.41, 5.74) is 1.03. The van der Waals surface area contributed by atoms with Gasteiger partial charge in [-0.05, 0) is 37.5 Å². The highest BCUT2D eigenvalue weighted by molar-refractivity contribution is 14.0. The third-order valence-corrected chi connectivity index (χ3v) is 4.39. The largest absolute Gasteiger partial charge is 0.383 e. The Labute approximate surface area is 166 Å². The Bertz CT molecular complexity index is 520. The van der Waals surface area contributed by atoms with Crippen LogP contribution in [-0.2, 0) is 14.9 Å². The van der Waals surface area contributed by atoms with Gasteiger partial charge in [0.05, 0.1) is 13.2 Å². The van der Waals surface area contributed by atoms with Crippen molar-refractivity contribution in [1.82, 2.24) is 10.6 Å². The summed E-state index contributed by atoms with van der Waals surface area (Å²) in [5.74, 6) is 0.571. The van der Waals surface area contributed by atoms with Gasteiger partial charge in [0.15, 0.2) is 5.96 Å². The molecule has 0 spiro atoms. The predicted octanol–water partition coefficient (Wildman–Crippen LogP) is 2.69. The van der Waals surface area contributed by atoms with Gasteiger partial charge in [0, 0.05) is 38.8 Å². The molecule has 0 amide bonds. The molecule has 1 aliphatic heterocycles. The van der Waals surface area contributed by atoms with Gasteiger partial charge in [-0.2, -0.15) is 0 Å². The fraction of sp³-hybridized carbons (Fsp3) is 0.611. The lowest BCUT2D eigenvalue weighted by molar-refractivity contribution is 0.0531. The Morgan fingerprint density at radius 1 is 1.24 bits per heavy atom. The van der Waals surface area contributed by atoms with Gasteiger partial charge in [0.25, 0.3) is 0 Å². The van der Waals surface area contributed by atoms with Crippen LogP contribution in [0.2, 0.25) is 0 Å². The molecule has 5 nitrogen and oxygen atoms in total. The van der Waals surface area contributed by atoms with E-state index in [2.05, 4.69) is 10.6 Å². The maximum absolute atomic E-state index is 13.3. The summed E-state index contributed by atoms with van der Waals surface area (Å²) >= 11 is 0. The molecule has 1 aromatic carbocycles. The van der Waals surface area contributed by atoms with E-state index in [1.165, 1.54) is 12.1 Å². The fourth-order valence-corrected chi connectivity index (χ4v) is 2.95. The standard InChI is InChI=1S/C18H28FN3O2.HI/c1-3-20-17(21-10-13-23-2)22-14-18(8-11-24-12-9-18)15-4-6-16(19)7-5-15;/h4-7H,3,8-14H2,1-2H3,(H2,20,21,22);1H.